The van der Waals surface area contributed by atoms with Gasteiger partial charge in [-0.05, 0) is 41.0 Å². The SMILES string of the molecule is Clc1ccc(C(Cn2ccnc2)SCCSc2ccc(-c3ccccc3)cc2)c(Cl)c1.O=C(O)C=CC(=O)O. The standard InChI is InChI=1S/C25H22Cl2N2S2.C4H4O4/c26-21-8-11-23(24(27)16-21)25(17-29-13-12-28-18-29)31-15-14-30-22-9-6-20(7-10-22)19-4-2-1-3-5-19;5-3(6)1-2-4(7)8/h1-13,16,18,25H,14-15,17H2;1-2H,(H,5,6)(H,7,8). The minimum absolute atomic E-state index is 0.236. The molecule has 202 valence electrons. The van der Waals surface area contributed by atoms with Crippen molar-refractivity contribution in [3.05, 3.63) is 119 Å². The number of imidazole rings is 1. The normalized spacial score (nSPS) is 11.5. The van der Waals surface area contributed by atoms with E-state index in [0.717, 1.165) is 23.6 Å². The van der Waals surface area contributed by atoms with Crippen molar-refractivity contribution in [1.82, 2.24) is 9.55 Å². The van der Waals surface area contributed by atoms with E-state index in [2.05, 4.69) is 58.1 Å². The Morgan fingerprint density at radius 1 is 0.897 bits per heavy atom. The molecular weight excluding hydrogens is 575 g/mol. The second-order valence-corrected chi connectivity index (χ2v) is 11.4. The predicted octanol–water partition coefficient (Wildman–Crippen LogP) is 7.84. The van der Waals surface area contributed by atoms with Gasteiger partial charge in [0.1, 0.15) is 0 Å². The molecule has 0 fully saturated rings. The summed E-state index contributed by atoms with van der Waals surface area (Å²) in [5.74, 6) is -0.468. The Morgan fingerprint density at radius 3 is 2.15 bits per heavy atom. The van der Waals surface area contributed by atoms with Gasteiger partial charge in [0.2, 0.25) is 0 Å². The molecule has 6 nitrogen and oxygen atoms in total. The van der Waals surface area contributed by atoms with Crippen LogP contribution in [0.1, 0.15) is 10.8 Å². The van der Waals surface area contributed by atoms with Crippen molar-refractivity contribution in [3.8, 4) is 11.1 Å². The number of aromatic nitrogens is 2. The van der Waals surface area contributed by atoms with Crippen LogP contribution in [0.25, 0.3) is 11.1 Å². The van der Waals surface area contributed by atoms with Crippen molar-refractivity contribution in [2.75, 3.05) is 11.5 Å². The van der Waals surface area contributed by atoms with E-state index in [0.29, 0.717) is 22.2 Å². The Hall–Kier alpha value is -3.17. The number of halogens is 2. The third-order valence-electron chi connectivity index (χ3n) is 5.25. The molecule has 0 aliphatic rings. The number of hydrogen-bond donors (Lipinski definition) is 2. The van der Waals surface area contributed by atoms with Crippen molar-refractivity contribution in [2.45, 2.75) is 16.7 Å². The summed E-state index contributed by atoms with van der Waals surface area (Å²) in [6.07, 6.45) is 6.76. The van der Waals surface area contributed by atoms with Crippen LogP contribution in [-0.2, 0) is 16.1 Å². The molecule has 2 N–H and O–H groups in total. The highest BCUT2D eigenvalue weighted by atomic mass is 35.5. The van der Waals surface area contributed by atoms with E-state index >= 15 is 0 Å². The van der Waals surface area contributed by atoms with Crippen LogP contribution in [0.15, 0.2) is 109 Å². The van der Waals surface area contributed by atoms with Crippen LogP contribution >= 0.6 is 46.7 Å². The first-order valence-corrected chi connectivity index (χ1v) is 14.6. The summed E-state index contributed by atoms with van der Waals surface area (Å²) in [6, 6.07) is 25.0. The summed E-state index contributed by atoms with van der Waals surface area (Å²) >= 11 is 16.4. The third kappa shape index (κ3) is 10.8. The van der Waals surface area contributed by atoms with Gasteiger partial charge >= 0.3 is 11.9 Å². The van der Waals surface area contributed by atoms with Gasteiger partial charge in [0.05, 0.1) is 6.33 Å². The minimum atomic E-state index is -1.26. The summed E-state index contributed by atoms with van der Waals surface area (Å²) in [7, 11) is 0. The molecule has 0 bridgehead atoms. The van der Waals surface area contributed by atoms with Gasteiger partial charge in [0.15, 0.2) is 0 Å². The molecule has 1 atom stereocenters. The Balaban J connectivity index is 0.000000459. The Labute approximate surface area is 245 Å². The number of thioether (sulfide) groups is 2. The monoisotopic (exact) mass is 600 g/mol. The number of carbonyl (C=O) groups is 2. The van der Waals surface area contributed by atoms with Crippen LogP contribution in [0.2, 0.25) is 10.0 Å². The maximum Gasteiger partial charge on any atom is 0.328 e. The highest BCUT2D eigenvalue weighted by Crippen LogP contribution is 2.37. The maximum atomic E-state index is 9.55. The van der Waals surface area contributed by atoms with Crippen LogP contribution in [0.5, 0.6) is 0 Å². The van der Waals surface area contributed by atoms with Crippen molar-refractivity contribution < 1.29 is 19.8 Å². The summed E-state index contributed by atoms with van der Waals surface area (Å²) in [6.45, 7) is 0.822. The quantitative estimate of drug-likeness (QED) is 0.103. The van der Waals surface area contributed by atoms with Crippen molar-refractivity contribution >= 4 is 58.7 Å². The number of nitrogens with zero attached hydrogens (tertiary/aromatic N) is 2. The largest absolute Gasteiger partial charge is 0.478 e. The topological polar surface area (TPSA) is 92.4 Å². The molecule has 0 spiro atoms. The predicted molar refractivity (Wildman–Crippen MR) is 161 cm³/mol. The van der Waals surface area contributed by atoms with Crippen LogP contribution < -0.4 is 0 Å². The second-order valence-electron chi connectivity index (χ2n) is 8.03. The Bertz CT molecular complexity index is 1350. The smallest absolute Gasteiger partial charge is 0.328 e. The van der Waals surface area contributed by atoms with Crippen molar-refractivity contribution in [1.29, 1.82) is 0 Å². The minimum Gasteiger partial charge on any atom is -0.478 e. The average molecular weight is 602 g/mol. The van der Waals surface area contributed by atoms with Gasteiger partial charge in [-0.25, -0.2) is 14.6 Å². The number of aliphatic carboxylic acids is 2. The van der Waals surface area contributed by atoms with E-state index in [1.807, 2.05) is 60.3 Å². The molecule has 1 heterocycles. The zero-order chi connectivity index (χ0) is 28.0. The van der Waals surface area contributed by atoms with Crippen LogP contribution in [-0.4, -0.2) is 43.2 Å². The number of carboxylic acids is 2. The van der Waals surface area contributed by atoms with Crippen LogP contribution in [0, 0.1) is 0 Å². The van der Waals surface area contributed by atoms with Crippen molar-refractivity contribution in [2.24, 2.45) is 0 Å². The number of hydrogen-bond acceptors (Lipinski definition) is 5. The van der Waals surface area contributed by atoms with E-state index in [1.54, 1.807) is 6.20 Å². The number of benzene rings is 3. The summed E-state index contributed by atoms with van der Waals surface area (Å²) in [4.78, 5) is 24.6. The first kappa shape index (κ1) is 30.4. The van der Waals surface area contributed by atoms with Gasteiger partial charge in [0, 0.05) is 62.8 Å². The van der Waals surface area contributed by atoms with Crippen LogP contribution in [0.4, 0.5) is 0 Å². The molecule has 39 heavy (non-hydrogen) atoms. The lowest BCUT2D eigenvalue weighted by atomic mass is 10.1. The molecule has 0 aliphatic heterocycles. The second kappa shape index (κ2) is 16.1. The maximum absolute atomic E-state index is 9.55. The number of carboxylic acid groups (broad SMARTS) is 2. The van der Waals surface area contributed by atoms with E-state index in [1.165, 1.54) is 16.0 Å². The highest BCUT2D eigenvalue weighted by molar-refractivity contribution is 8.03. The molecule has 3 aromatic carbocycles. The fourth-order valence-corrected chi connectivity index (χ4v) is 6.29. The number of rotatable bonds is 11. The van der Waals surface area contributed by atoms with Gasteiger partial charge in [-0.2, -0.15) is 11.8 Å². The Morgan fingerprint density at radius 2 is 1.56 bits per heavy atom. The lowest BCUT2D eigenvalue weighted by Gasteiger charge is -2.19. The van der Waals surface area contributed by atoms with Crippen molar-refractivity contribution in [3.63, 3.8) is 0 Å². The molecule has 0 amide bonds. The van der Waals surface area contributed by atoms with Gasteiger partial charge in [-0.1, -0.05) is 71.7 Å². The average Bonchev–Trinajstić information content (AvgIpc) is 3.44. The third-order valence-corrected chi connectivity index (χ3v) is 8.33. The van der Waals surface area contributed by atoms with Gasteiger partial charge in [-0.15, -0.1) is 11.8 Å². The van der Waals surface area contributed by atoms with E-state index in [9.17, 15) is 9.59 Å². The first-order chi connectivity index (χ1) is 18.8. The molecular formula is C29H26Cl2N2O4S2. The molecule has 0 saturated carbocycles. The molecule has 0 radical (unpaired) electrons. The molecule has 4 aromatic rings. The fraction of sp³-hybridized carbons (Fsp3) is 0.138. The summed E-state index contributed by atoms with van der Waals surface area (Å²) < 4.78 is 2.10. The zero-order valence-electron chi connectivity index (χ0n) is 20.7. The zero-order valence-corrected chi connectivity index (χ0v) is 23.8. The van der Waals surface area contributed by atoms with Gasteiger partial charge in [-0.3, -0.25) is 0 Å². The summed E-state index contributed by atoms with van der Waals surface area (Å²) in [5.41, 5.74) is 3.61. The first-order valence-electron chi connectivity index (χ1n) is 11.8. The molecule has 10 heteroatoms. The highest BCUT2D eigenvalue weighted by Gasteiger charge is 2.16. The Kier molecular flexibility index (Phi) is 12.5. The van der Waals surface area contributed by atoms with E-state index in [4.69, 9.17) is 33.4 Å². The van der Waals surface area contributed by atoms with Crippen LogP contribution in [0.3, 0.4) is 0 Å². The van der Waals surface area contributed by atoms with Gasteiger partial charge < -0.3 is 14.8 Å². The fourth-order valence-electron chi connectivity index (χ4n) is 3.46. The van der Waals surface area contributed by atoms with Gasteiger partial charge in [0.25, 0.3) is 0 Å². The summed E-state index contributed by atoms with van der Waals surface area (Å²) in [5, 5.41) is 17.2. The molecule has 0 saturated heterocycles. The molecule has 1 aromatic heterocycles. The van der Waals surface area contributed by atoms with E-state index in [-0.39, 0.29) is 5.25 Å². The lowest BCUT2D eigenvalue weighted by molar-refractivity contribution is -0.134. The lowest BCUT2D eigenvalue weighted by Crippen LogP contribution is -2.07. The van der Waals surface area contributed by atoms with E-state index < -0.39 is 11.9 Å². The molecule has 1 unspecified atom stereocenters. The molecule has 4 rings (SSSR count). The molecule has 0 aliphatic carbocycles.